The van der Waals surface area contributed by atoms with Gasteiger partial charge in [-0.25, -0.2) is 13.1 Å². The predicted molar refractivity (Wildman–Crippen MR) is 88.7 cm³/mol. The number of ether oxygens (including phenoxy) is 1. The van der Waals surface area contributed by atoms with Gasteiger partial charge in [-0.15, -0.1) is 0 Å². The van der Waals surface area contributed by atoms with Crippen LogP contribution in [0.25, 0.3) is 0 Å². The zero-order valence-electron chi connectivity index (χ0n) is 13.6. The van der Waals surface area contributed by atoms with E-state index in [1.54, 1.807) is 0 Å². The van der Waals surface area contributed by atoms with Crippen molar-refractivity contribution in [3.05, 3.63) is 24.3 Å². The molecule has 8 nitrogen and oxygen atoms in total. The first-order valence-corrected chi connectivity index (χ1v) is 9.59. The number of hydrogen-bond acceptors (Lipinski definition) is 5. The third-order valence-electron chi connectivity index (χ3n) is 4.46. The van der Waals surface area contributed by atoms with Gasteiger partial charge in [0.05, 0.1) is 16.9 Å². The monoisotopic (exact) mass is 368 g/mol. The lowest BCUT2D eigenvalue weighted by molar-refractivity contribution is -0.141. The first-order chi connectivity index (χ1) is 11.9. The molecule has 3 rings (SSSR count). The van der Waals surface area contributed by atoms with Crippen LogP contribution in [0.1, 0.15) is 19.3 Å². The molecule has 2 heterocycles. The molecule has 0 spiro atoms. The average Bonchev–Trinajstić information content (AvgIpc) is 3.23. The average molecular weight is 368 g/mol. The highest BCUT2D eigenvalue weighted by atomic mass is 32.2. The number of benzene rings is 1. The van der Waals surface area contributed by atoms with Crippen LogP contribution in [0.3, 0.4) is 0 Å². The molecule has 2 N–H and O–H groups in total. The van der Waals surface area contributed by atoms with Gasteiger partial charge >= 0.3 is 5.97 Å². The number of nitrogens with one attached hydrogen (secondary N) is 1. The van der Waals surface area contributed by atoms with E-state index in [4.69, 9.17) is 9.84 Å². The summed E-state index contributed by atoms with van der Waals surface area (Å²) >= 11 is 0. The molecule has 136 valence electrons. The van der Waals surface area contributed by atoms with Crippen molar-refractivity contribution in [2.45, 2.75) is 30.3 Å². The normalized spacial score (nSPS) is 24.0. The van der Waals surface area contributed by atoms with Crippen molar-refractivity contribution in [2.24, 2.45) is 5.92 Å². The Morgan fingerprint density at radius 2 is 2.04 bits per heavy atom. The van der Waals surface area contributed by atoms with Gasteiger partial charge in [0.2, 0.25) is 15.9 Å². The number of aliphatic carboxylic acids is 1. The highest BCUT2D eigenvalue weighted by molar-refractivity contribution is 7.89. The second-order valence-electron chi connectivity index (χ2n) is 6.22. The van der Waals surface area contributed by atoms with Crippen molar-refractivity contribution in [1.29, 1.82) is 0 Å². The summed E-state index contributed by atoms with van der Waals surface area (Å²) in [5.41, 5.74) is 0.492. The van der Waals surface area contributed by atoms with E-state index in [-0.39, 0.29) is 36.4 Å². The van der Waals surface area contributed by atoms with Crippen LogP contribution in [0, 0.1) is 5.92 Å². The maximum absolute atomic E-state index is 12.3. The maximum Gasteiger partial charge on any atom is 0.308 e. The second-order valence-corrected chi connectivity index (χ2v) is 7.99. The molecular formula is C16H20N2O6S. The van der Waals surface area contributed by atoms with Crippen LogP contribution in [0.15, 0.2) is 29.2 Å². The fourth-order valence-electron chi connectivity index (χ4n) is 3.02. The van der Waals surface area contributed by atoms with E-state index in [0.29, 0.717) is 12.3 Å². The fraction of sp³-hybridized carbons (Fsp3) is 0.500. The van der Waals surface area contributed by atoms with Crippen LogP contribution >= 0.6 is 0 Å². The number of carboxylic acid groups (broad SMARTS) is 1. The van der Waals surface area contributed by atoms with Gasteiger partial charge in [0.25, 0.3) is 0 Å². The number of carbonyl (C=O) groups is 2. The summed E-state index contributed by atoms with van der Waals surface area (Å²) in [5, 5.41) is 9.02. The van der Waals surface area contributed by atoms with E-state index in [0.717, 1.165) is 12.8 Å². The second kappa shape index (κ2) is 7.11. The molecule has 2 fully saturated rings. The Labute approximate surface area is 145 Å². The zero-order valence-corrected chi connectivity index (χ0v) is 14.4. The lowest BCUT2D eigenvalue weighted by atomic mass is 10.1. The Bertz CT molecular complexity index is 755. The lowest BCUT2D eigenvalue weighted by Gasteiger charge is -2.17. The zero-order chi connectivity index (χ0) is 18.0. The van der Waals surface area contributed by atoms with Crippen LogP contribution in [0.2, 0.25) is 0 Å². The van der Waals surface area contributed by atoms with Crippen LogP contribution in [-0.4, -0.2) is 51.2 Å². The van der Waals surface area contributed by atoms with Gasteiger partial charge in [0.15, 0.2) is 0 Å². The molecule has 2 atom stereocenters. The predicted octanol–water partition coefficient (Wildman–Crippen LogP) is 0.581. The van der Waals surface area contributed by atoms with E-state index in [1.807, 2.05) is 0 Å². The number of carbonyl (C=O) groups excluding carboxylic acids is 1. The molecule has 1 aromatic carbocycles. The number of amides is 1. The molecule has 2 saturated heterocycles. The number of anilines is 1. The van der Waals surface area contributed by atoms with Gasteiger partial charge in [0, 0.05) is 31.8 Å². The fourth-order valence-corrected chi connectivity index (χ4v) is 4.09. The molecule has 25 heavy (non-hydrogen) atoms. The summed E-state index contributed by atoms with van der Waals surface area (Å²) in [6, 6.07) is 5.86. The van der Waals surface area contributed by atoms with Gasteiger partial charge in [-0.05, 0) is 37.1 Å². The van der Waals surface area contributed by atoms with Crippen LogP contribution < -0.4 is 9.62 Å². The van der Waals surface area contributed by atoms with Crippen molar-refractivity contribution >= 4 is 27.6 Å². The minimum atomic E-state index is -3.65. The van der Waals surface area contributed by atoms with E-state index in [1.165, 1.54) is 29.2 Å². The summed E-state index contributed by atoms with van der Waals surface area (Å²) in [6.07, 6.45) is 1.63. The van der Waals surface area contributed by atoms with Crippen LogP contribution in [0.4, 0.5) is 5.69 Å². The summed E-state index contributed by atoms with van der Waals surface area (Å²) < 4.78 is 32.5. The van der Waals surface area contributed by atoms with Crippen molar-refractivity contribution in [2.75, 3.05) is 24.6 Å². The Hall–Kier alpha value is -1.97. The third-order valence-corrected chi connectivity index (χ3v) is 5.90. The Morgan fingerprint density at radius 1 is 1.32 bits per heavy atom. The molecule has 0 radical (unpaired) electrons. The van der Waals surface area contributed by atoms with E-state index < -0.39 is 21.9 Å². The van der Waals surface area contributed by atoms with Crippen molar-refractivity contribution < 1.29 is 27.9 Å². The quantitative estimate of drug-likeness (QED) is 0.759. The van der Waals surface area contributed by atoms with E-state index >= 15 is 0 Å². The number of hydrogen-bond donors (Lipinski definition) is 2. The molecule has 1 amide bonds. The maximum atomic E-state index is 12.3. The summed E-state index contributed by atoms with van der Waals surface area (Å²) in [7, 11) is -3.65. The van der Waals surface area contributed by atoms with Gasteiger partial charge in [0.1, 0.15) is 0 Å². The highest BCUT2D eigenvalue weighted by Crippen LogP contribution is 2.26. The summed E-state index contributed by atoms with van der Waals surface area (Å²) in [5.74, 6) is -2.02. The Morgan fingerprint density at radius 3 is 2.60 bits per heavy atom. The molecule has 0 aliphatic carbocycles. The SMILES string of the molecule is O=C(O)C1CC(=O)N(c2ccc(S(=O)(=O)NCC3CCCO3)cc2)C1. The molecule has 0 bridgehead atoms. The summed E-state index contributed by atoms with van der Waals surface area (Å²) in [6.45, 7) is 0.981. The first kappa shape index (κ1) is 17.8. The molecular weight excluding hydrogens is 348 g/mol. The largest absolute Gasteiger partial charge is 0.481 e. The minimum absolute atomic E-state index is 0.0433. The van der Waals surface area contributed by atoms with Crippen LogP contribution in [-0.2, 0) is 24.3 Å². The molecule has 2 aliphatic heterocycles. The number of rotatable bonds is 6. The first-order valence-electron chi connectivity index (χ1n) is 8.11. The van der Waals surface area contributed by atoms with Gasteiger partial charge in [-0.1, -0.05) is 0 Å². The molecule has 0 saturated carbocycles. The van der Waals surface area contributed by atoms with Gasteiger partial charge < -0.3 is 14.7 Å². The lowest BCUT2D eigenvalue weighted by Crippen LogP contribution is -2.32. The topological polar surface area (TPSA) is 113 Å². The van der Waals surface area contributed by atoms with E-state index in [2.05, 4.69) is 4.72 Å². The van der Waals surface area contributed by atoms with E-state index in [9.17, 15) is 18.0 Å². The number of carboxylic acids is 1. The number of sulfonamides is 1. The molecule has 2 unspecified atom stereocenters. The van der Waals surface area contributed by atoms with Crippen LogP contribution in [0.5, 0.6) is 0 Å². The smallest absolute Gasteiger partial charge is 0.308 e. The Balaban J connectivity index is 1.67. The highest BCUT2D eigenvalue weighted by Gasteiger charge is 2.35. The number of nitrogens with zero attached hydrogens (tertiary/aromatic N) is 1. The Kier molecular flexibility index (Phi) is 5.07. The molecule has 0 aromatic heterocycles. The minimum Gasteiger partial charge on any atom is -0.481 e. The van der Waals surface area contributed by atoms with Gasteiger partial charge in [-0.2, -0.15) is 0 Å². The molecule has 1 aromatic rings. The molecule has 2 aliphatic rings. The van der Waals surface area contributed by atoms with Crippen molar-refractivity contribution in [1.82, 2.24) is 4.72 Å². The summed E-state index contributed by atoms with van der Waals surface area (Å²) in [4.78, 5) is 24.4. The van der Waals surface area contributed by atoms with Crippen molar-refractivity contribution in [3.8, 4) is 0 Å². The van der Waals surface area contributed by atoms with Crippen molar-refractivity contribution in [3.63, 3.8) is 0 Å². The third kappa shape index (κ3) is 4.00. The van der Waals surface area contributed by atoms with Gasteiger partial charge in [-0.3, -0.25) is 9.59 Å². The standard InChI is InChI=1S/C16H20N2O6S/c19-15-8-11(16(20)21)10-18(15)12-3-5-14(6-4-12)25(22,23)17-9-13-2-1-7-24-13/h3-6,11,13,17H,1-2,7-10H2,(H,20,21). The molecule has 9 heteroatoms.